The zero-order valence-electron chi connectivity index (χ0n) is 16.7. The van der Waals surface area contributed by atoms with E-state index >= 15 is 0 Å². The number of aryl methyl sites for hydroxylation is 1. The molecule has 0 radical (unpaired) electrons. The van der Waals surface area contributed by atoms with Crippen molar-refractivity contribution in [2.24, 2.45) is 20.0 Å². The maximum absolute atomic E-state index is 12.5. The maximum Gasteiger partial charge on any atom is 0.265 e. The van der Waals surface area contributed by atoms with Gasteiger partial charge >= 0.3 is 0 Å². The molecule has 5 rings (SSSR count). The fourth-order valence-electron chi connectivity index (χ4n) is 3.61. The van der Waals surface area contributed by atoms with Gasteiger partial charge in [-0.1, -0.05) is 0 Å². The summed E-state index contributed by atoms with van der Waals surface area (Å²) in [4.78, 5) is 23.1. The largest absolute Gasteiger partial charge is 0.355 e. The van der Waals surface area contributed by atoms with Crippen molar-refractivity contribution < 1.29 is 0 Å². The second-order valence-electron chi connectivity index (χ2n) is 7.50. The second kappa shape index (κ2) is 7.21. The van der Waals surface area contributed by atoms with Gasteiger partial charge in [0, 0.05) is 63.8 Å². The van der Waals surface area contributed by atoms with Gasteiger partial charge in [0.15, 0.2) is 11.5 Å². The molecule has 0 aromatic carbocycles. The Kier molecular flexibility index (Phi) is 4.38. The highest BCUT2D eigenvalue weighted by molar-refractivity contribution is 5.74. The Morgan fingerprint density at radius 1 is 1.10 bits per heavy atom. The van der Waals surface area contributed by atoms with E-state index in [4.69, 9.17) is 0 Å². The molecule has 1 saturated heterocycles. The number of fused-ring (bicyclic) bond motifs is 1. The van der Waals surface area contributed by atoms with Crippen LogP contribution in [0, 0.1) is 5.92 Å². The van der Waals surface area contributed by atoms with Crippen LogP contribution in [0.1, 0.15) is 0 Å². The minimum absolute atomic E-state index is 0.101. The van der Waals surface area contributed by atoms with Crippen molar-refractivity contribution in [1.82, 2.24) is 34.5 Å². The fourth-order valence-corrected chi connectivity index (χ4v) is 3.61. The molecule has 10 nitrogen and oxygen atoms in total. The van der Waals surface area contributed by atoms with E-state index in [1.54, 1.807) is 37.4 Å². The van der Waals surface area contributed by atoms with Crippen molar-refractivity contribution in [3.05, 3.63) is 53.2 Å². The molecule has 30 heavy (non-hydrogen) atoms. The van der Waals surface area contributed by atoms with Crippen LogP contribution in [0.4, 0.5) is 11.8 Å². The zero-order chi connectivity index (χ0) is 20.7. The number of nitrogens with zero attached hydrogens (tertiary/aromatic N) is 8. The molecule has 1 aliphatic heterocycles. The van der Waals surface area contributed by atoms with Crippen molar-refractivity contribution in [3.8, 4) is 11.3 Å². The number of anilines is 2. The molecule has 1 N–H and O–H groups in total. The summed E-state index contributed by atoms with van der Waals surface area (Å²) in [5.74, 6) is 1.83. The third kappa shape index (κ3) is 3.25. The summed E-state index contributed by atoms with van der Waals surface area (Å²) in [6.07, 6.45) is 5.18. The molecule has 0 saturated carbocycles. The van der Waals surface area contributed by atoms with Crippen LogP contribution in [-0.2, 0) is 14.1 Å². The Bertz CT molecular complexity index is 1240. The zero-order valence-corrected chi connectivity index (χ0v) is 16.7. The number of aromatic nitrogens is 7. The molecule has 1 aliphatic rings. The molecule has 0 amide bonds. The minimum Gasteiger partial charge on any atom is -0.355 e. The molecule has 0 aliphatic carbocycles. The average Bonchev–Trinajstić information content (AvgIpc) is 3.12. The Morgan fingerprint density at radius 3 is 2.63 bits per heavy atom. The van der Waals surface area contributed by atoms with E-state index in [0.717, 1.165) is 36.7 Å². The van der Waals surface area contributed by atoms with Gasteiger partial charge in [0.05, 0.1) is 5.69 Å². The van der Waals surface area contributed by atoms with Crippen molar-refractivity contribution in [2.45, 2.75) is 0 Å². The smallest absolute Gasteiger partial charge is 0.265 e. The van der Waals surface area contributed by atoms with Gasteiger partial charge in [-0.2, -0.15) is 10.1 Å². The first-order chi connectivity index (χ1) is 14.6. The summed E-state index contributed by atoms with van der Waals surface area (Å²) in [6.45, 7) is 2.46. The van der Waals surface area contributed by atoms with E-state index in [1.165, 1.54) is 4.57 Å². The van der Waals surface area contributed by atoms with E-state index in [1.807, 2.05) is 24.3 Å². The van der Waals surface area contributed by atoms with Crippen LogP contribution in [0.5, 0.6) is 0 Å². The molecule has 0 unspecified atom stereocenters. The van der Waals surface area contributed by atoms with Crippen LogP contribution in [0.15, 0.2) is 47.7 Å². The lowest BCUT2D eigenvalue weighted by Crippen LogP contribution is -2.50. The minimum atomic E-state index is -0.101. The summed E-state index contributed by atoms with van der Waals surface area (Å²) in [7, 11) is 3.50. The standard InChI is InChI=1S/C20H21N9O/c1-27-12-15-18(26-27)23-20(28(2)19(15)30)22-9-13-10-29(11-13)17-4-3-16(24-25-17)14-5-7-21-8-6-14/h3-8,12-13H,9-11H2,1-2H3,(H,22,23,26). The summed E-state index contributed by atoms with van der Waals surface area (Å²) in [5.41, 5.74) is 2.19. The first kappa shape index (κ1) is 18.2. The Labute approximate surface area is 172 Å². The van der Waals surface area contributed by atoms with Crippen LogP contribution >= 0.6 is 0 Å². The molecule has 0 bridgehead atoms. The van der Waals surface area contributed by atoms with Crippen molar-refractivity contribution in [1.29, 1.82) is 0 Å². The number of pyridine rings is 1. The van der Waals surface area contributed by atoms with Gasteiger partial charge in [0.25, 0.3) is 5.56 Å². The van der Waals surface area contributed by atoms with Gasteiger partial charge in [0.2, 0.25) is 5.95 Å². The number of nitrogens with one attached hydrogen (secondary N) is 1. The van der Waals surface area contributed by atoms with Gasteiger partial charge in [-0.25, -0.2) is 0 Å². The van der Waals surface area contributed by atoms with Crippen molar-refractivity contribution in [2.75, 3.05) is 29.9 Å². The average molecular weight is 403 g/mol. The predicted octanol–water partition coefficient (Wildman–Crippen LogP) is 1.07. The second-order valence-corrected chi connectivity index (χ2v) is 7.50. The summed E-state index contributed by atoms with van der Waals surface area (Å²) < 4.78 is 3.14. The quantitative estimate of drug-likeness (QED) is 0.527. The van der Waals surface area contributed by atoms with Gasteiger partial charge < -0.3 is 10.2 Å². The third-order valence-electron chi connectivity index (χ3n) is 5.33. The Hall–Kier alpha value is -3.82. The lowest BCUT2D eigenvalue weighted by molar-refractivity contribution is 0.424. The SMILES string of the molecule is Cn1cc2c(=O)n(C)c(NCC3CN(c4ccc(-c5ccncc5)nn4)C3)nc2n1. The predicted molar refractivity (Wildman–Crippen MR) is 113 cm³/mol. The Balaban J connectivity index is 1.20. The van der Waals surface area contributed by atoms with E-state index < -0.39 is 0 Å². The van der Waals surface area contributed by atoms with Crippen molar-refractivity contribution >= 4 is 22.8 Å². The van der Waals surface area contributed by atoms with Crippen LogP contribution in [-0.4, -0.2) is 54.1 Å². The highest BCUT2D eigenvalue weighted by Crippen LogP contribution is 2.24. The van der Waals surface area contributed by atoms with E-state index in [0.29, 0.717) is 22.9 Å². The molecular weight excluding hydrogens is 382 g/mol. The molecule has 152 valence electrons. The summed E-state index contributed by atoms with van der Waals surface area (Å²) >= 11 is 0. The Morgan fingerprint density at radius 2 is 1.90 bits per heavy atom. The molecule has 0 atom stereocenters. The summed E-state index contributed by atoms with van der Waals surface area (Å²) in [5, 5.41) is 16.7. The van der Waals surface area contributed by atoms with E-state index in [9.17, 15) is 4.79 Å². The highest BCUT2D eigenvalue weighted by Gasteiger charge is 2.28. The summed E-state index contributed by atoms with van der Waals surface area (Å²) in [6, 6.07) is 7.80. The van der Waals surface area contributed by atoms with Crippen LogP contribution in [0.25, 0.3) is 22.3 Å². The van der Waals surface area contributed by atoms with Gasteiger partial charge in [-0.15, -0.1) is 10.2 Å². The van der Waals surface area contributed by atoms with Gasteiger partial charge in [-0.3, -0.25) is 19.0 Å². The van der Waals surface area contributed by atoms with Gasteiger partial charge in [0.1, 0.15) is 5.39 Å². The van der Waals surface area contributed by atoms with Crippen LogP contribution < -0.4 is 15.8 Å². The topological polar surface area (TPSA) is 107 Å². The van der Waals surface area contributed by atoms with Crippen LogP contribution in [0.3, 0.4) is 0 Å². The van der Waals surface area contributed by atoms with Crippen LogP contribution in [0.2, 0.25) is 0 Å². The highest BCUT2D eigenvalue weighted by atomic mass is 16.1. The molecule has 1 fully saturated rings. The van der Waals surface area contributed by atoms with E-state index in [2.05, 4.69) is 35.5 Å². The number of hydrogen-bond acceptors (Lipinski definition) is 8. The van der Waals surface area contributed by atoms with Crippen molar-refractivity contribution in [3.63, 3.8) is 0 Å². The first-order valence-electron chi connectivity index (χ1n) is 9.72. The molecule has 5 heterocycles. The first-order valence-corrected chi connectivity index (χ1v) is 9.72. The maximum atomic E-state index is 12.5. The van der Waals surface area contributed by atoms with Gasteiger partial charge in [-0.05, 0) is 24.3 Å². The lowest BCUT2D eigenvalue weighted by atomic mass is 10.0. The normalized spacial score (nSPS) is 14.1. The van der Waals surface area contributed by atoms with E-state index in [-0.39, 0.29) is 5.56 Å². The lowest BCUT2D eigenvalue weighted by Gasteiger charge is -2.40. The molecular formula is C20H21N9O. The number of hydrogen-bond donors (Lipinski definition) is 1. The monoisotopic (exact) mass is 403 g/mol. The third-order valence-corrected chi connectivity index (χ3v) is 5.33. The molecule has 4 aromatic rings. The molecule has 10 heteroatoms. The molecule has 0 spiro atoms. The number of rotatable bonds is 5. The fraction of sp³-hybridized carbons (Fsp3) is 0.300. The molecule has 4 aromatic heterocycles.